The highest BCUT2D eigenvalue weighted by Crippen LogP contribution is 2.17. The van der Waals surface area contributed by atoms with Crippen molar-refractivity contribution in [1.82, 2.24) is 0 Å². The molecule has 1 fully saturated rings. The van der Waals surface area contributed by atoms with E-state index in [0.29, 0.717) is 0 Å². The third-order valence-corrected chi connectivity index (χ3v) is 1.85. The van der Waals surface area contributed by atoms with E-state index in [9.17, 15) is 4.79 Å². The number of hydrogen-bond acceptors (Lipinski definition) is 3. The zero-order valence-electron chi connectivity index (χ0n) is 7.33. The number of carboxylic acids is 1. The first-order chi connectivity index (χ1) is 5.52. The van der Waals surface area contributed by atoms with E-state index >= 15 is 0 Å². The second kappa shape index (κ2) is 3.13. The van der Waals surface area contributed by atoms with Gasteiger partial charge in [-0.2, -0.15) is 0 Å². The number of oxime groups is 1. The molecule has 1 aliphatic rings. The average molecular weight is 171 g/mol. The Kier molecular flexibility index (Phi) is 2.35. The average Bonchev–Trinajstić information content (AvgIpc) is 1.83. The number of carboxylic acid groups (broad SMARTS) is 1. The van der Waals surface area contributed by atoms with Crippen LogP contribution in [0.2, 0.25) is 0 Å². The molecule has 0 radical (unpaired) electrons. The van der Waals surface area contributed by atoms with Crippen molar-refractivity contribution in [2.45, 2.75) is 38.7 Å². The van der Waals surface area contributed by atoms with E-state index in [4.69, 9.17) is 9.94 Å². The molecule has 0 spiro atoms. The summed E-state index contributed by atoms with van der Waals surface area (Å²) in [5, 5.41) is 12.4. The van der Waals surface area contributed by atoms with Gasteiger partial charge in [-0.25, -0.2) is 4.79 Å². The number of hydrogen-bond donors (Lipinski definition) is 1. The minimum absolute atomic E-state index is 0.940. The summed E-state index contributed by atoms with van der Waals surface area (Å²) in [7, 11) is 0. The summed E-state index contributed by atoms with van der Waals surface area (Å²) in [6.07, 6.45) is 3.01. The van der Waals surface area contributed by atoms with E-state index < -0.39 is 11.6 Å². The van der Waals surface area contributed by atoms with Gasteiger partial charge in [-0.3, -0.25) is 0 Å². The molecule has 0 atom stereocenters. The first kappa shape index (κ1) is 9.03. The molecule has 0 aliphatic heterocycles. The maximum atomic E-state index is 10.5. The summed E-state index contributed by atoms with van der Waals surface area (Å²) < 4.78 is 0. The summed E-state index contributed by atoms with van der Waals surface area (Å²) in [6.45, 7) is 2.97. The molecule has 0 amide bonds. The van der Waals surface area contributed by atoms with Gasteiger partial charge in [-0.1, -0.05) is 5.16 Å². The second-order valence-corrected chi connectivity index (χ2v) is 3.42. The fraction of sp³-hybridized carbons (Fsp3) is 0.750. The Morgan fingerprint density at radius 2 is 2.17 bits per heavy atom. The summed E-state index contributed by atoms with van der Waals surface area (Å²) in [4.78, 5) is 15.4. The standard InChI is InChI=1S/C8H13NO3/c1-8(2,7(10)11)12-9-6-4-3-5-6/h3-5H2,1-2H3,(H,10,11). The van der Waals surface area contributed by atoms with Crippen LogP contribution in [0.15, 0.2) is 5.16 Å². The topological polar surface area (TPSA) is 58.9 Å². The molecule has 4 nitrogen and oxygen atoms in total. The van der Waals surface area contributed by atoms with E-state index in [1.165, 1.54) is 13.8 Å². The summed E-state index contributed by atoms with van der Waals surface area (Å²) >= 11 is 0. The van der Waals surface area contributed by atoms with Crippen molar-refractivity contribution < 1.29 is 14.7 Å². The minimum atomic E-state index is -1.21. The van der Waals surface area contributed by atoms with Gasteiger partial charge in [0.15, 0.2) is 0 Å². The van der Waals surface area contributed by atoms with Gasteiger partial charge < -0.3 is 9.94 Å². The molecule has 12 heavy (non-hydrogen) atoms. The third kappa shape index (κ3) is 1.96. The maximum absolute atomic E-state index is 10.5. The van der Waals surface area contributed by atoms with Crippen molar-refractivity contribution in [1.29, 1.82) is 0 Å². The van der Waals surface area contributed by atoms with Crippen LogP contribution in [0.4, 0.5) is 0 Å². The van der Waals surface area contributed by atoms with Gasteiger partial charge in [0.1, 0.15) is 0 Å². The molecular weight excluding hydrogens is 158 g/mol. The lowest BCUT2D eigenvalue weighted by Crippen LogP contribution is -2.33. The molecule has 1 rings (SSSR count). The highest BCUT2D eigenvalue weighted by molar-refractivity contribution is 5.88. The molecule has 0 aromatic heterocycles. The predicted octanol–water partition coefficient (Wildman–Crippen LogP) is 1.41. The van der Waals surface area contributed by atoms with Gasteiger partial charge in [0.2, 0.25) is 5.60 Å². The fourth-order valence-electron chi connectivity index (χ4n) is 0.644. The second-order valence-electron chi connectivity index (χ2n) is 3.42. The Morgan fingerprint density at radius 1 is 1.58 bits per heavy atom. The van der Waals surface area contributed by atoms with Gasteiger partial charge in [-0.15, -0.1) is 0 Å². The van der Waals surface area contributed by atoms with Crippen LogP contribution in [0.5, 0.6) is 0 Å². The normalized spacial score (nSPS) is 16.7. The van der Waals surface area contributed by atoms with E-state index in [-0.39, 0.29) is 0 Å². The number of carbonyl (C=O) groups is 1. The lowest BCUT2D eigenvalue weighted by molar-refractivity contribution is -0.161. The minimum Gasteiger partial charge on any atom is -0.478 e. The van der Waals surface area contributed by atoms with E-state index in [1.807, 2.05) is 0 Å². The van der Waals surface area contributed by atoms with Crippen molar-refractivity contribution in [3.63, 3.8) is 0 Å². The smallest absolute Gasteiger partial charge is 0.350 e. The summed E-state index contributed by atoms with van der Waals surface area (Å²) in [6, 6.07) is 0. The molecule has 0 unspecified atom stereocenters. The van der Waals surface area contributed by atoms with Crippen molar-refractivity contribution >= 4 is 11.7 Å². The molecule has 0 bridgehead atoms. The van der Waals surface area contributed by atoms with Crippen LogP contribution in [0.1, 0.15) is 33.1 Å². The fourth-order valence-corrected chi connectivity index (χ4v) is 0.644. The molecule has 1 N–H and O–H groups in total. The van der Waals surface area contributed by atoms with Gasteiger partial charge in [0.25, 0.3) is 0 Å². The van der Waals surface area contributed by atoms with E-state index in [1.54, 1.807) is 0 Å². The zero-order chi connectivity index (χ0) is 9.19. The Morgan fingerprint density at radius 3 is 2.50 bits per heavy atom. The Balaban J connectivity index is 2.44. The molecule has 0 aromatic rings. The monoisotopic (exact) mass is 171 g/mol. The molecule has 0 saturated heterocycles. The Labute approximate surface area is 71.2 Å². The van der Waals surface area contributed by atoms with E-state index in [0.717, 1.165) is 25.0 Å². The van der Waals surface area contributed by atoms with Crippen molar-refractivity contribution in [3.8, 4) is 0 Å². The maximum Gasteiger partial charge on any atom is 0.350 e. The van der Waals surface area contributed by atoms with Crippen molar-refractivity contribution in [2.75, 3.05) is 0 Å². The predicted molar refractivity (Wildman–Crippen MR) is 44.1 cm³/mol. The molecule has 1 aliphatic carbocycles. The van der Waals surface area contributed by atoms with Crippen LogP contribution in [-0.2, 0) is 9.63 Å². The Bertz CT molecular complexity index is 214. The van der Waals surface area contributed by atoms with Crippen LogP contribution in [0.3, 0.4) is 0 Å². The van der Waals surface area contributed by atoms with Crippen molar-refractivity contribution in [3.05, 3.63) is 0 Å². The SMILES string of the molecule is CC(C)(ON=C1CCC1)C(=O)O. The summed E-state index contributed by atoms with van der Waals surface area (Å²) in [5.41, 5.74) is -0.243. The zero-order valence-corrected chi connectivity index (χ0v) is 7.33. The van der Waals surface area contributed by atoms with Crippen LogP contribution >= 0.6 is 0 Å². The lowest BCUT2D eigenvalue weighted by atomic mass is 9.98. The van der Waals surface area contributed by atoms with Crippen LogP contribution < -0.4 is 0 Å². The van der Waals surface area contributed by atoms with Gasteiger partial charge >= 0.3 is 5.97 Å². The highest BCUT2D eigenvalue weighted by atomic mass is 16.7. The number of rotatable bonds is 3. The highest BCUT2D eigenvalue weighted by Gasteiger charge is 2.30. The largest absolute Gasteiger partial charge is 0.478 e. The quantitative estimate of drug-likeness (QED) is 0.653. The number of aliphatic carboxylic acids is 1. The molecular formula is C8H13NO3. The van der Waals surface area contributed by atoms with Crippen LogP contribution in [-0.4, -0.2) is 22.4 Å². The van der Waals surface area contributed by atoms with E-state index in [2.05, 4.69) is 5.16 Å². The molecule has 0 aromatic carbocycles. The first-order valence-electron chi connectivity index (χ1n) is 4.00. The molecule has 1 saturated carbocycles. The number of nitrogens with zero attached hydrogens (tertiary/aromatic N) is 1. The third-order valence-electron chi connectivity index (χ3n) is 1.85. The van der Waals surface area contributed by atoms with Crippen LogP contribution in [0, 0.1) is 0 Å². The van der Waals surface area contributed by atoms with Gasteiger partial charge in [0, 0.05) is 0 Å². The molecule has 68 valence electrons. The van der Waals surface area contributed by atoms with Gasteiger partial charge in [0.05, 0.1) is 5.71 Å². The van der Waals surface area contributed by atoms with Gasteiger partial charge in [-0.05, 0) is 33.1 Å². The molecule has 4 heteroatoms. The van der Waals surface area contributed by atoms with Crippen LogP contribution in [0.25, 0.3) is 0 Å². The van der Waals surface area contributed by atoms with Crippen molar-refractivity contribution in [2.24, 2.45) is 5.16 Å². The first-order valence-corrected chi connectivity index (χ1v) is 4.00. The Hall–Kier alpha value is -1.06. The lowest BCUT2D eigenvalue weighted by Gasteiger charge is -2.20. The molecule has 0 heterocycles. The summed E-state index contributed by atoms with van der Waals surface area (Å²) in [5.74, 6) is -0.994.